The van der Waals surface area contributed by atoms with Gasteiger partial charge in [0.1, 0.15) is 11.5 Å². The molecular formula is C16H22N2O4S. The summed E-state index contributed by atoms with van der Waals surface area (Å²) in [6.45, 7) is 4.97. The van der Waals surface area contributed by atoms with Crippen molar-refractivity contribution in [1.82, 2.24) is 5.32 Å². The molecule has 0 fully saturated rings. The van der Waals surface area contributed by atoms with Crippen LogP contribution in [0.15, 0.2) is 29.2 Å². The molecule has 0 aliphatic heterocycles. The molecule has 0 aliphatic rings. The number of thioether (sulfide) groups is 1. The molecule has 1 aromatic rings. The lowest BCUT2D eigenvalue weighted by atomic mass is 10.0. The Morgan fingerprint density at radius 3 is 2.52 bits per heavy atom. The van der Waals surface area contributed by atoms with Crippen LogP contribution in [0.2, 0.25) is 0 Å². The summed E-state index contributed by atoms with van der Waals surface area (Å²) in [5, 5.41) is 2.60. The molecule has 6 nitrogen and oxygen atoms in total. The number of carbonyl (C=O) groups excluding carboxylic acids is 3. The largest absolute Gasteiger partial charge is 0.454 e. The molecular weight excluding hydrogens is 316 g/mol. The molecule has 0 saturated carbocycles. The van der Waals surface area contributed by atoms with Gasteiger partial charge in [-0.15, -0.1) is 0 Å². The van der Waals surface area contributed by atoms with E-state index in [1.807, 2.05) is 6.92 Å². The lowest BCUT2D eigenvalue weighted by Crippen LogP contribution is -2.53. The van der Waals surface area contributed by atoms with Crippen LogP contribution in [0.25, 0.3) is 0 Å². The van der Waals surface area contributed by atoms with Gasteiger partial charge in [0.15, 0.2) is 0 Å². The first-order valence-electron chi connectivity index (χ1n) is 7.27. The highest BCUT2D eigenvalue weighted by Gasteiger charge is 2.28. The summed E-state index contributed by atoms with van der Waals surface area (Å²) in [6, 6.07) is 6.90. The molecule has 0 spiro atoms. The molecule has 3 N–H and O–H groups in total. The first kappa shape index (κ1) is 19.0. The summed E-state index contributed by atoms with van der Waals surface area (Å²) >= 11 is 1.24. The molecule has 0 saturated heterocycles. The van der Waals surface area contributed by atoms with Gasteiger partial charge in [-0.25, -0.2) is 0 Å². The highest BCUT2D eigenvalue weighted by molar-refractivity contribution is 7.99. The third kappa shape index (κ3) is 5.94. The molecule has 0 heterocycles. The van der Waals surface area contributed by atoms with E-state index >= 15 is 0 Å². The summed E-state index contributed by atoms with van der Waals surface area (Å²) in [7, 11) is 0. The van der Waals surface area contributed by atoms with Crippen LogP contribution in [0, 0.1) is 0 Å². The number of nitrogens with two attached hydrogens (primary N) is 1. The second kappa shape index (κ2) is 8.57. The van der Waals surface area contributed by atoms with Crippen molar-refractivity contribution in [3.8, 4) is 0 Å². The van der Waals surface area contributed by atoms with Crippen LogP contribution in [-0.2, 0) is 14.3 Å². The van der Waals surface area contributed by atoms with Gasteiger partial charge in [-0.1, -0.05) is 30.8 Å². The fourth-order valence-corrected chi connectivity index (χ4v) is 2.44. The van der Waals surface area contributed by atoms with E-state index in [1.165, 1.54) is 25.6 Å². The number of esters is 1. The summed E-state index contributed by atoms with van der Waals surface area (Å²) < 4.78 is 5.08. The van der Waals surface area contributed by atoms with Gasteiger partial charge in [0.05, 0.1) is 5.56 Å². The van der Waals surface area contributed by atoms with Gasteiger partial charge in [0.25, 0.3) is 5.91 Å². The van der Waals surface area contributed by atoms with Crippen molar-refractivity contribution in [2.24, 2.45) is 5.73 Å². The number of carbonyl (C=O) groups is 3. The van der Waals surface area contributed by atoms with Crippen LogP contribution in [0.1, 0.15) is 44.0 Å². The monoisotopic (exact) mass is 338 g/mol. The van der Waals surface area contributed by atoms with Crippen molar-refractivity contribution in [1.29, 1.82) is 0 Å². The minimum Gasteiger partial charge on any atom is -0.454 e. The number of nitrogens with one attached hydrogen (secondary N) is 1. The molecule has 126 valence electrons. The standard InChI is InChI=1S/C16H22N2O4S/c1-4-7-13(19)22-10-23-12-9-6-5-8-11(12)14(20)18-16(2,3)15(17)21/h5-6,8-9H,4,7,10H2,1-3H3,(H2,17,21)(H,18,20). The first-order chi connectivity index (χ1) is 10.8. The van der Waals surface area contributed by atoms with Crippen LogP contribution in [0.5, 0.6) is 0 Å². The maximum absolute atomic E-state index is 12.3. The first-order valence-corrected chi connectivity index (χ1v) is 8.26. The van der Waals surface area contributed by atoms with Crippen LogP contribution in [0.4, 0.5) is 0 Å². The predicted octanol–water partition coefficient (Wildman–Crippen LogP) is 2.07. The van der Waals surface area contributed by atoms with Crippen LogP contribution >= 0.6 is 11.8 Å². The zero-order chi connectivity index (χ0) is 17.5. The highest BCUT2D eigenvalue weighted by Crippen LogP contribution is 2.23. The van der Waals surface area contributed by atoms with E-state index in [1.54, 1.807) is 24.3 Å². The number of rotatable bonds is 8. The van der Waals surface area contributed by atoms with Gasteiger partial charge < -0.3 is 15.8 Å². The van der Waals surface area contributed by atoms with E-state index in [0.29, 0.717) is 16.9 Å². The van der Waals surface area contributed by atoms with Crippen molar-refractivity contribution >= 4 is 29.5 Å². The van der Waals surface area contributed by atoms with Gasteiger partial charge >= 0.3 is 5.97 Å². The number of benzene rings is 1. The Morgan fingerprint density at radius 2 is 1.91 bits per heavy atom. The van der Waals surface area contributed by atoms with E-state index in [9.17, 15) is 14.4 Å². The van der Waals surface area contributed by atoms with Crippen molar-refractivity contribution in [2.45, 2.75) is 44.0 Å². The predicted molar refractivity (Wildman–Crippen MR) is 88.9 cm³/mol. The molecule has 0 aliphatic carbocycles. The molecule has 0 unspecified atom stereocenters. The maximum Gasteiger partial charge on any atom is 0.306 e. The quantitative estimate of drug-likeness (QED) is 0.429. The van der Waals surface area contributed by atoms with Crippen molar-refractivity contribution in [2.75, 3.05) is 5.94 Å². The fraction of sp³-hybridized carbons (Fsp3) is 0.438. The average Bonchev–Trinajstić information content (AvgIpc) is 2.47. The third-order valence-corrected chi connectivity index (χ3v) is 3.96. The number of ether oxygens (including phenoxy) is 1. The van der Waals surface area contributed by atoms with E-state index in [4.69, 9.17) is 10.5 Å². The lowest BCUT2D eigenvalue weighted by molar-refractivity contribution is -0.141. The van der Waals surface area contributed by atoms with Crippen LogP contribution in [0.3, 0.4) is 0 Å². The molecule has 7 heteroatoms. The summed E-state index contributed by atoms with van der Waals surface area (Å²) in [6.07, 6.45) is 1.10. The second-order valence-corrected chi connectivity index (χ2v) is 6.43. The van der Waals surface area contributed by atoms with E-state index in [2.05, 4.69) is 5.32 Å². The third-order valence-electron chi connectivity index (χ3n) is 3.06. The van der Waals surface area contributed by atoms with E-state index in [0.717, 1.165) is 6.42 Å². The molecule has 0 radical (unpaired) electrons. The maximum atomic E-state index is 12.3. The molecule has 0 atom stereocenters. The van der Waals surface area contributed by atoms with Gasteiger partial charge in [-0.3, -0.25) is 14.4 Å². The second-order valence-electron chi connectivity index (χ2n) is 5.47. The molecule has 23 heavy (non-hydrogen) atoms. The summed E-state index contributed by atoms with van der Waals surface area (Å²) in [4.78, 5) is 35.7. The van der Waals surface area contributed by atoms with Gasteiger partial charge in [0, 0.05) is 11.3 Å². The minimum absolute atomic E-state index is 0.127. The Morgan fingerprint density at radius 1 is 1.26 bits per heavy atom. The Labute approximate surface area is 140 Å². The Kier molecular flexibility index (Phi) is 7.09. The van der Waals surface area contributed by atoms with Crippen molar-refractivity contribution in [3.05, 3.63) is 29.8 Å². The summed E-state index contributed by atoms with van der Waals surface area (Å²) in [5.74, 6) is -1.17. The van der Waals surface area contributed by atoms with Gasteiger partial charge in [-0.2, -0.15) is 0 Å². The van der Waals surface area contributed by atoms with Crippen LogP contribution < -0.4 is 11.1 Å². The van der Waals surface area contributed by atoms with Crippen molar-refractivity contribution in [3.63, 3.8) is 0 Å². The number of hydrogen-bond donors (Lipinski definition) is 2. The fourth-order valence-electron chi connectivity index (χ4n) is 1.63. The van der Waals surface area contributed by atoms with Gasteiger partial charge in [0.2, 0.25) is 5.91 Å². The molecule has 0 bridgehead atoms. The molecule has 1 aromatic carbocycles. The topological polar surface area (TPSA) is 98.5 Å². The van der Waals surface area contributed by atoms with Crippen molar-refractivity contribution < 1.29 is 19.1 Å². The minimum atomic E-state index is -1.15. The SMILES string of the molecule is CCCC(=O)OCSc1ccccc1C(=O)NC(C)(C)C(N)=O. The zero-order valence-electron chi connectivity index (χ0n) is 13.5. The zero-order valence-corrected chi connectivity index (χ0v) is 14.4. The Hall–Kier alpha value is -2.02. The Bertz CT molecular complexity index is 587. The van der Waals surface area contributed by atoms with E-state index < -0.39 is 17.4 Å². The highest BCUT2D eigenvalue weighted by atomic mass is 32.2. The summed E-state index contributed by atoms with van der Waals surface area (Å²) in [5.41, 5.74) is 4.51. The molecule has 2 amide bonds. The number of amides is 2. The Balaban J connectivity index is 2.75. The average molecular weight is 338 g/mol. The smallest absolute Gasteiger partial charge is 0.306 e. The van der Waals surface area contributed by atoms with E-state index in [-0.39, 0.29) is 11.9 Å². The normalized spacial score (nSPS) is 10.9. The number of primary amides is 1. The lowest BCUT2D eigenvalue weighted by Gasteiger charge is -2.22. The molecule has 1 rings (SSSR count). The number of hydrogen-bond acceptors (Lipinski definition) is 5. The van der Waals surface area contributed by atoms with Crippen LogP contribution in [-0.4, -0.2) is 29.3 Å². The van der Waals surface area contributed by atoms with Gasteiger partial charge in [-0.05, 0) is 32.4 Å². The molecule has 0 aromatic heterocycles.